The van der Waals surface area contributed by atoms with Crippen molar-refractivity contribution in [2.75, 3.05) is 5.32 Å². The number of rotatable bonds is 7. The lowest BCUT2D eigenvalue weighted by molar-refractivity contribution is 0.0692. The van der Waals surface area contributed by atoms with Crippen molar-refractivity contribution < 1.29 is 34.1 Å². The van der Waals surface area contributed by atoms with Gasteiger partial charge in [0.25, 0.3) is 5.91 Å². The van der Waals surface area contributed by atoms with Gasteiger partial charge in [-0.3, -0.25) is 4.79 Å². The first-order valence-corrected chi connectivity index (χ1v) is 11.1. The van der Waals surface area contributed by atoms with E-state index in [1.165, 1.54) is 23.9 Å². The average molecular weight is 491 g/mol. The summed E-state index contributed by atoms with van der Waals surface area (Å²) in [4.78, 5) is 48.2. The minimum atomic E-state index is -1.42. The van der Waals surface area contributed by atoms with Gasteiger partial charge >= 0.3 is 17.6 Å². The summed E-state index contributed by atoms with van der Waals surface area (Å²) in [5.74, 6) is -3.07. The van der Waals surface area contributed by atoms with Gasteiger partial charge < -0.3 is 25.1 Å². The second kappa shape index (κ2) is 9.74. The molecule has 3 aromatic carbocycles. The van der Waals surface area contributed by atoms with Crippen molar-refractivity contribution in [3.8, 4) is 5.75 Å². The molecular weight excluding hydrogens is 474 g/mol. The Hall–Kier alpha value is -4.57. The average Bonchev–Trinajstić information content (AvgIpc) is 2.83. The Morgan fingerprint density at radius 2 is 1.60 bits per heavy atom. The molecular formula is C25H17NO8S. The van der Waals surface area contributed by atoms with Crippen LogP contribution in [-0.4, -0.2) is 33.2 Å². The van der Waals surface area contributed by atoms with Crippen molar-refractivity contribution in [1.29, 1.82) is 0 Å². The van der Waals surface area contributed by atoms with Gasteiger partial charge in [-0.05, 0) is 60.7 Å². The van der Waals surface area contributed by atoms with Gasteiger partial charge in [-0.1, -0.05) is 0 Å². The molecule has 4 aromatic rings. The normalized spacial score (nSPS) is 10.7. The number of carbonyl (C=O) groups is 3. The number of hydrogen-bond donors (Lipinski definition) is 4. The Morgan fingerprint density at radius 3 is 2.29 bits per heavy atom. The van der Waals surface area contributed by atoms with Gasteiger partial charge in [0.1, 0.15) is 11.3 Å². The number of thioether (sulfide) groups is 1. The van der Waals surface area contributed by atoms with Crippen LogP contribution in [0.3, 0.4) is 0 Å². The third kappa shape index (κ3) is 5.33. The molecule has 0 unspecified atom stereocenters. The fourth-order valence-corrected chi connectivity index (χ4v) is 4.14. The molecule has 1 heterocycles. The van der Waals surface area contributed by atoms with E-state index in [1.807, 2.05) is 0 Å². The van der Waals surface area contributed by atoms with Crippen LogP contribution in [0.1, 0.15) is 36.6 Å². The summed E-state index contributed by atoms with van der Waals surface area (Å²) < 4.78 is 5.26. The number of aromatic carboxylic acids is 2. The molecule has 9 nitrogen and oxygen atoms in total. The van der Waals surface area contributed by atoms with E-state index in [-0.39, 0.29) is 16.9 Å². The molecule has 10 heteroatoms. The Labute approximate surface area is 201 Å². The Kier molecular flexibility index (Phi) is 6.56. The minimum Gasteiger partial charge on any atom is -0.508 e. The van der Waals surface area contributed by atoms with E-state index in [0.29, 0.717) is 28.0 Å². The molecule has 0 spiro atoms. The van der Waals surface area contributed by atoms with Crippen LogP contribution < -0.4 is 10.9 Å². The van der Waals surface area contributed by atoms with E-state index in [2.05, 4.69) is 5.32 Å². The summed E-state index contributed by atoms with van der Waals surface area (Å²) in [6.45, 7) is 0. The monoisotopic (exact) mass is 491 g/mol. The van der Waals surface area contributed by atoms with Gasteiger partial charge in [0.05, 0.1) is 16.7 Å². The van der Waals surface area contributed by atoms with Crippen LogP contribution in [0.5, 0.6) is 5.75 Å². The first-order valence-electron chi connectivity index (χ1n) is 10.1. The van der Waals surface area contributed by atoms with Crippen LogP contribution >= 0.6 is 11.8 Å². The summed E-state index contributed by atoms with van der Waals surface area (Å²) in [5, 5.41) is 31.2. The SMILES string of the molecule is O=C(O)c1ccc(C(=O)Nc2ccc(SCc3cc4ccc(O)cc4oc3=O)cc2)c(C(=O)O)c1. The van der Waals surface area contributed by atoms with E-state index >= 15 is 0 Å². The molecule has 0 aliphatic carbocycles. The number of carboxylic acids is 2. The van der Waals surface area contributed by atoms with Gasteiger partial charge in [0, 0.05) is 33.4 Å². The topological polar surface area (TPSA) is 154 Å². The first-order chi connectivity index (χ1) is 16.7. The van der Waals surface area contributed by atoms with Crippen LogP contribution in [0.2, 0.25) is 0 Å². The highest BCUT2D eigenvalue weighted by atomic mass is 32.2. The van der Waals surface area contributed by atoms with Gasteiger partial charge in [-0.25, -0.2) is 14.4 Å². The molecule has 1 aromatic heterocycles. The highest BCUT2D eigenvalue weighted by Gasteiger charge is 2.19. The van der Waals surface area contributed by atoms with Crippen LogP contribution in [0.15, 0.2) is 80.8 Å². The van der Waals surface area contributed by atoms with Crippen LogP contribution in [0.25, 0.3) is 11.0 Å². The number of nitrogens with one attached hydrogen (secondary N) is 1. The standard InChI is InChI=1S/C25H17NO8S/c27-17-5-1-13-9-15(25(33)34-21(13)11-17)12-35-18-6-3-16(4-7-18)26-22(28)19-8-2-14(23(29)30)10-20(19)24(31)32/h1-11,27H,12H2,(H,26,28)(H,29,30)(H,31,32). The highest BCUT2D eigenvalue weighted by molar-refractivity contribution is 7.98. The van der Waals surface area contributed by atoms with E-state index in [1.54, 1.807) is 36.4 Å². The van der Waals surface area contributed by atoms with Gasteiger partial charge in [0.2, 0.25) is 0 Å². The molecule has 0 bridgehead atoms. The number of phenolic OH excluding ortho intramolecular Hbond substituents is 1. The quantitative estimate of drug-likeness (QED) is 0.217. The Bertz CT molecular complexity index is 1530. The molecule has 35 heavy (non-hydrogen) atoms. The lowest BCUT2D eigenvalue weighted by atomic mass is 10.0. The molecule has 0 aliphatic rings. The van der Waals surface area contributed by atoms with E-state index in [4.69, 9.17) is 9.52 Å². The maximum Gasteiger partial charge on any atom is 0.340 e. The maximum atomic E-state index is 12.6. The van der Waals surface area contributed by atoms with Crippen molar-refractivity contribution in [2.24, 2.45) is 0 Å². The van der Waals surface area contributed by atoms with Crippen molar-refractivity contribution >= 4 is 46.3 Å². The smallest absolute Gasteiger partial charge is 0.340 e. The zero-order chi connectivity index (χ0) is 25.1. The number of anilines is 1. The number of aromatic hydroxyl groups is 1. The fraction of sp³-hybridized carbons (Fsp3) is 0.0400. The van der Waals surface area contributed by atoms with Gasteiger partial charge in [-0.2, -0.15) is 0 Å². The van der Waals surface area contributed by atoms with Crippen molar-refractivity contribution in [1.82, 2.24) is 0 Å². The second-order valence-electron chi connectivity index (χ2n) is 7.42. The van der Waals surface area contributed by atoms with Crippen molar-refractivity contribution in [2.45, 2.75) is 10.6 Å². The van der Waals surface area contributed by atoms with E-state index in [0.717, 1.165) is 23.1 Å². The molecule has 0 saturated heterocycles. The summed E-state index contributed by atoms with van der Waals surface area (Å²) in [6.07, 6.45) is 0. The number of benzene rings is 3. The van der Waals surface area contributed by atoms with Crippen LogP contribution in [0.4, 0.5) is 5.69 Å². The summed E-state index contributed by atoms with van der Waals surface area (Å²) in [7, 11) is 0. The molecule has 0 fully saturated rings. The highest BCUT2D eigenvalue weighted by Crippen LogP contribution is 2.26. The first kappa shape index (κ1) is 23.6. The number of hydrogen-bond acceptors (Lipinski definition) is 7. The largest absolute Gasteiger partial charge is 0.508 e. The second-order valence-corrected chi connectivity index (χ2v) is 8.47. The Balaban J connectivity index is 1.45. The summed E-state index contributed by atoms with van der Waals surface area (Å²) >= 11 is 1.38. The lowest BCUT2D eigenvalue weighted by Crippen LogP contribution is -2.17. The van der Waals surface area contributed by atoms with Crippen molar-refractivity contribution in [3.63, 3.8) is 0 Å². The molecule has 0 atom stereocenters. The van der Waals surface area contributed by atoms with E-state index < -0.39 is 29.0 Å². The summed E-state index contributed by atoms with van der Waals surface area (Å²) in [6, 6.07) is 16.2. The molecule has 4 rings (SSSR count). The van der Waals surface area contributed by atoms with Gasteiger partial charge in [-0.15, -0.1) is 11.8 Å². The molecule has 4 N–H and O–H groups in total. The molecule has 0 radical (unpaired) electrons. The Morgan fingerprint density at radius 1 is 0.857 bits per heavy atom. The number of carbonyl (C=O) groups excluding carboxylic acids is 1. The van der Waals surface area contributed by atoms with Gasteiger partial charge in [0.15, 0.2) is 0 Å². The number of phenols is 1. The lowest BCUT2D eigenvalue weighted by Gasteiger charge is -2.09. The van der Waals surface area contributed by atoms with Crippen LogP contribution in [0, 0.1) is 0 Å². The third-order valence-electron chi connectivity index (χ3n) is 5.04. The zero-order valence-electron chi connectivity index (χ0n) is 17.8. The molecule has 1 amide bonds. The number of carboxylic acid groups (broad SMARTS) is 2. The summed E-state index contributed by atoms with van der Waals surface area (Å²) in [5.41, 5.74) is -0.162. The number of fused-ring (bicyclic) bond motifs is 1. The molecule has 0 saturated carbocycles. The molecule has 0 aliphatic heterocycles. The molecule has 176 valence electrons. The fourth-order valence-electron chi connectivity index (χ4n) is 3.29. The van der Waals surface area contributed by atoms with Crippen molar-refractivity contribution in [3.05, 3.63) is 99.4 Å². The third-order valence-corrected chi connectivity index (χ3v) is 6.10. The zero-order valence-corrected chi connectivity index (χ0v) is 18.7. The predicted octanol–water partition coefficient (Wildman–Crippen LogP) is 4.44. The predicted molar refractivity (Wildman–Crippen MR) is 128 cm³/mol. The van der Waals surface area contributed by atoms with Crippen LogP contribution in [-0.2, 0) is 5.75 Å². The minimum absolute atomic E-state index is 0.00594. The maximum absolute atomic E-state index is 12.6. The van der Waals surface area contributed by atoms with E-state index in [9.17, 15) is 29.4 Å². The number of amides is 1.